The minimum Gasteiger partial charge on any atom is -0.0622 e. The molecule has 0 saturated carbocycles. The van der Waals surface area contributed by atoms with E-state index in [0.29, 0.717) is 0 Å². The van der Waals surface area contributed by atoms with Crippen molar-refractivity contribution >= 4 is 12.2 Å². The van der Waals surface area contributed by atoms with Crippen LogP contribution < -0.4 is 0 Å². The zero-order chi connectivity index (χ0) is 22.4. The number of benzene rings is 4. The standard InChI is InChI=1S/C33H30/c1-33(2)31-20-24(13-12-23-8-4-3-5-9-23)14-18-29(31)30-19-17-28(22-32(30)33)27-16-15-25-10-6-7-11-26(25)21-27/h3-5,8-9,12-22H,6-7,10-11H2,1-2H3. The van der Waals surface area contributed by atoms with Gasteiger partial charge in [0, 0.05) is 5.41 Å². The highest BCUT2D eigenvalue weighted by molar-refractivity contribution is 5.85. The third-order valence-corrected chi connectivity index (χ3v) is 7.65. The Labute approximate surface area is 197 Å². The first-order valence-electron chi connectivity index (χ1n) is 12.2. The zero-order valence-corrected chi connectivity index (χ0v) is 19.6. The lowest BCUT2D eigenvalue weighted by atomic mass is 9.81. The molecule has 0 saturated heterocycles. The lowest BCUT2D eigenvalue weighted by molar-refractivity contribution is 0.660. The van der Waals surface area contributed by atoms with E-state index < -0.39 is 0 Å². The molecule has 0 aromatic heterocycles. The molecule has 0 nitrogen and oxygen atoms in total. The molecule has 0 amide bonds. The van der Waals surface area contributed by atoms with Crippen molar-refractivity contribution < 1.29 is 0 Å². The molecular formula is C33H30. The van der Waals surface area contributed by atoms with Crippen LogP contribution in [0.2, 0.25) is 0 Å². The molecule has 0 spiro atoms. The Morgan fingerprint density at radius 3 is 2.03 bits per heavy atom. The van der Waals surface area contributed by atoms with Crippen LogP contribution in [0.5, 0.6) is 0 Å². The van der Waals surface area contributed by atoms with Crippen LogP contribution in [0, 0.1) is 0 Å². The summed E-state index contributed by atoms with van der Waals surface area (Å²) in [5.41, 5.74) is 13.9. The van der Waals surface area contributed by atoms with Crippen LogP contribution in [-0.2, 0) is 18.3 Å². The van der Waals surface area contributed by atoms with Gasteiger partial charge in [-0.2, -0.15) is 0 Å². The first-order valence-corrected chi connectivity index (χ1v) is 12.2. The minimum atomic E-state index is -0.00845. The van der Waals surface area contributed by atoms with Crippen LogP contribution in [-0.4, -0.2) is 0 Å². The monoisotopic (exact) mass is 426 g/mol. The van der Waals surface area contributed by atoms with E-state index in [0.717, 1.165) is 0 Å². The Bertz CT molecular complexity index is 1370. The molecule has 0 heterocycles. The van der Waals surface area contributed by atoms with E-state index in [9.17, 15) is 0 Å². The normalized spacial score (nSPS) is 15.8. The van der Waals surface area contributed by atoms with Crippen molar-refractivity contribution in [3.63, 3.8) is 0 Å². The predicted molar refractivity (Wildman–Crippen MR) is 141 cm³/mol. The second kappa shape index (κ2) is 7.89. The van der Waals surface area contributed by atoms with Crippen molar-refractivity contribution in [3.8, 4) is 22.3 Å². The summed E-state index contributed by atoms with van der Waals surface area (Å²) in [6, 6.07) is 31.7. The molecule has 4 aromatic carbocycles. The van der Waals surface area contributed by atoms with Crippen LogP contribution >= 0.6 is 0 Å². The second-order valence-corrected chi connectivity index (χ2v) is 10.1. The average Bonchev–Trinajstić information content (AvgIpc) is 3.09. The lowest BCUT2D eigenvalue weighted by Crippen LogP contribution is -2.15. The fourth-order valence-corrected chi connectivity index (χ4v) is 5.71. The molecule has 2 aliphatic carbocycles. The van der Waals surface area contributed by atoms with E-state index in [1.807, 2.05) is 0 Å². The summed E-state index contributed by atoms with van der Waals surface area (Å²) in [5, 5.41) is 0. The van der Waals surface area contributed by atoms with Gasteiger partial charge in [0.25, 0.3) is 0 Å². The fraction of sp³-hybridized carbons (Fsp3) is 0.212. The van der Waals surface area contributed by atoms with Gasteiger partial charge in [-0.25, -0.2) is 0 Å². The number of hydrogen-bond donors (Lipinski definition) is 0. The van der Waals surface area contributed by atoms with E-state index in [1.54, 1.807) is 11.1 Å². The van der Waals surface area contributed by atoms with Crippen LogP contribution in [0.3, 0.4) is 0 Å². The molecule has 6 rings (SSSR count). The zero-order valence-electron chi connectivity index (χ0n) is 19.6. The summed E-state index contributed by atoms with van der Waals surface area (Å²) in [6.07, 6.45) is 9.55. The highest BCUT2D eigenvalue weighted by Crippen LogP contribution is 2.50. The Morgan fingerprint density at radius 1 is 0.576 bits per heavy atom. The molecule has 33 heavy (non-hydrogen) atoms. The maximum Gasteiger partial charge on any atom is 0.0159 e. The van der Waals surface area contributed by atoms with Crippen molar-refractivity contribution in [3.05, 3.63) is 118 Å². The molecule has 4 aromatic rings. The third-order valence-electron chi connectivity index (χ3n) is 7.65. The van der Waals surface area contributed by atoms with Gasteiger partial charge in [-0.05, 0) is 87.4 Å². The summed E-state index contributed by atoms with van der Waals surface area (Å²) < 4.78 is 0. The van der Waals surface area contributed by atoms with Crippen molar-refractivity contribution in [2.24, 2.45) is 0 Å². The molecule has 162 valence electrons. The Balaban J connectivity index is 1.36. The maximum absolute atomic E-state index is 2.44. The summed E-state index contributed by atoms with van der Waals surface area (Å²) in [7, 11) is 0. The van der Waals surface area contributed by atoms with E-state index in [-0.39, 0.29) is 5.41 Å². The highest BCUT2D eigenvalue weighted by Gasteiger charge is 2.35. The van der Waals surface area contributed by atoms with E-state index in [2.05, 4.69) is 111 Å². The molecule has 0 heteroatoms. The van der Waals surface area contributed by atoms with Crippen LogP contribution in [0.1, 0.15) is 60.1 Å². The Hall–Kier alpha value is -3.38. The Morgan fingerprint density at radius 2 is 1.21 bits per heavy atom. The Kier molecular flexibility index (Phi) is 4.84. The maximum atomic E-state index is 2.44. The SMILES string of the molecule is CC1(C)c2cc(C=Cc3ccccc3)ccc2-c2ccc(-c3ccc4c(c3)CCCC4)cc21. The largest absolute Gasteiger partial charge is 0.0622 e. The van der Waals surface area contributed by atoms with Gasteiger partial charge in [0.05, 0.1) is 0 Å². The summed E-state index contributed by atoms with van der Waals surface area (Å²) in [5.74, 6) is 0. The second-order valence-electron chi connectivity index (χ2n) is 10.1. The van der Waals surface area contributed by atoms with Gasteiger partial charge in [-0.3, -0.25) is 0 Å². The molecule has 0 radical (unpaired) electrons. The van der Waals surface area contributed by atoms with Gasteiger partial charge in [0.15, 0.2) is 0 Å². The lowest BCUT2D eigenvalue weighted by Gasteiger charge is -2.22. The van der Waals surface area contributed by atoms with Gasteiger partial charge in [-0.1, -0.05) is 105 Å². The molecule has 0 bridgehead atoms. The smallest absolute Gasteiger partial charge is 0.0159 e. The van der Waals surface area contributed by atoms with Crippen molar-refractivity contribution in [1.82, 2.24) is 0 Å². The van der Waals surface area contributed by atoms with E-state index >= 15 is 0 Å². The van der Waals surface area contributed by atoms with Crippen LogP contribution in [0.4, 0.5) is 0 Å². The molecule has 0 atom stereocenters. The van der Waals surface area contributed by atoms with Gasteiger partial charge in [0.1, 0.15) is 0 Å². The number of rotatable bonds is 3. The number of fused-ring (bicyclic) bond motifs is 4. The summed E-state index contributed by atoms with van der Waals surface area (Å²) in [6.45, 7) is 4.75. The van der Waals surface area contributed by atoms with Crippen molar-refractivity contribution in [2.75, 3.05) is 0 Å². The summed E-state index contributed by atoms with van der Waals surface area (Å²) >= 11 is 0. The van der Waals surface area contributed by atoms with Crippen molar-refractivity contribution in [2.45, 2.75) is 44.9 Å². The first-order chi connectivity index (χ1) is 16.1. The first kappa shape index (κ1) is 20.2. The third kappa shape index (κ3) is 3.55. The topological polar surface area (TPSA) is 0 Å². The average molecular weight is 427 g/mol. The van der Waals surface area contributed by atoms with Crippen LogP contribution in [0.25, 0.3) is 34.4 Å². The van der Waals surface area contributed by atoms with E-state index in [4.69, 9.17) is 0 Å². The molecule has 0 aliphatic heterocycles. The molecular weight excluding hydrogens is 396 g/mol. The fourth-order valence-electron chi connectivity index (χ4n) is 5.71. The van der Waals surface area contributed by atoms with Crippen molar-refractivity contribution in [1.29, 1.82) is 0 Å². The number of hydrogen-bond acceptors (Lipinski definition) is 0. The number of aryl methyl sites for hydroxylation is 2. The van der Waals surface area contributed by atoms with Gasteiger partial charge in [0.2, 0.25) is 0 Å². The highest BCUT2D eigenvalue weighted by atomic mass is 14.4. The predicted octanol–water partition coefficient (Wildman–Crippen LogP) is 8.71. The van der Waals surface area contributed by atoms with E-state index in [1.165, 1.54) is 70.2 Å². The molecule has 2 aliphatic rings. The molecule has 0 fully saturated rings. The molecule has 0 unspecified atom stereocenters. The van der Waals surface area contributed by atoms with Gasteiger partial charge in [-0.15, -0.1) is 0 Å². The summed E-state index contributed by atoms with van der Waals surface area (Å²) in [4.78, 5) is 0. The minimum absolute atomic E-state index is 0.00845. The van der Waals surface area contributed by atoms with Gasteiger partial charge >= 0.3 is 0 Å². The van der Waals surface area contributed by atoms with Crippen LogP contribution in [0.15, 0.2) is 84.9 Å². The molecule has 0 N–H and O–H groups in total. The quantitative estimate of drug-likeness (QED) is 0.287. The van der Waals surface area contributed by atoms with Gasteiger partial charge < -0.3 is 0 Å².